The molecule has 0 radical (unpaired) electrons. The van der Waals surface area contributed by atoms with Crippen molar-refractivity contribution < 1.29 is 12.8 Å². The summed E-state index contributed by atoms with van der Waals surface area (Å²) in [7, 11) is -3.77. The molecular formula is C13H18BrCl2FN2O2S. The van der Waals surface area contributed by atoms with Crippen LogP contribution in [0.4, 0.5) is 4.39 Å². The Balaban J connectivity index is 0.00000242. The Labute approximate surface area is 149 Å². The summed E-state index contributed by atoms with van der Waals surface area (Å²) >= 11 is 9.03. The fourth-order valence-corrected chi connectivity index (χ4v) is 5.81. The van der Waals surface area contributed by atoms with Gasteiger partial charge in [0.1, 0.15) is 10.7 Å². The maximum Gasteiger partial charge on any atom is 0.245 e. The molecule has 2 N–H and O–H groups in total. The molecule has 2 unspecified atom stereocenters. The van der Waals surface area contributed by atoms with Crippen LogP contribution >= 0.6 is 39.9 Å². The minimum atomic E-state index is -3.77. The Morgan fingerprint density at radius 1 is 1.50 bits per heavy atom. The quantitative estimate of drug-likeness (QED) is 0.791. The molecule has 1 aromatic rings. The van der Waals surface area contributed by atoms with E-state index in [0.717, 1.165) is 25.0 Å². The fourth-order valence-electron chi connectivity index (χ4n) is 2.53. The molecule has 1 aliphatic rings. The van der Waals surface area contributed by atoms with Crippen LogP contribution in [0.3, 0.4) is 0 Å². The zero-order chi connectivity index (χ0) is 15.8. The van der Waals surface area contributed by atoms with Crippen LogP contribution in [-0.2, 0) is 10.0 Å². The number of hydrogen-bond donors (Lipinski definition) is 1. The van der Waals surface area contributed by atoms with Gasteiger partial charge >= 0.3 is 0 Å². The topological polar surface area (TPSA) is 63.4 Å². The molecule has 0 aromatic heterocycles. The van der Waals surface area contributed by atoms with E-state index in [0.29, 0.717) is 13.1 Å². The third-order valence-corrected chi connectivity index (χ3v) is 6.99. The lowest BCUT2D eigenvalue weighted by molar-refractivity contribution is 0.243. The van der Waals surface area contributed by atoms with E-state index in [4.69, 9.17) is 17.3 Å². The lowest BCUT2D eigenvalue weighted by atomic mass is 9.93. The van der Waals surface area contributed by atoms with Gasteiger partial charge in [0.2, 0.25) is 10.0 Å². The number of benzene rings is 1. The van der Waals surface area contributed by atoms with Crippen LogP contribution in [0.15, 0.2) is 21.5 Å². The first-order chi connectivity index (χ1) is 9.73. The molecule has 2 atom stereocenters. The van der Waals surface area contributed by atoms with Crippen molar-refractivity contribution in [3.63, 3.8) is 0 Å². The molecule has 9 heteroatoms. The van der Waals surface area contributed by atoms with Gasteiger partial charge in [-0.3, -0.25) is 0 Å². The van der Waals surface area contributed by atoms with E-state index >= 15 is 0 Å². The van der Waals surface area contributed by atoms with Gasteiger partial charge in [0.15, 0.2) is 0 Å². The molecule has 0 aliphatic carbocycles. The maximum absolute atomic E-state index is 13.3. The van der Waals surface area contributed by atoms with Crippen molar-refractivity contribution in [2.24, 2.45) is 11.7 Å². The monoisotopic (exact) mass is 434 g/mol. The van der Waals surface area contributed by atoms with Crippen molar-refractivity contribution in [2.45, 2.75) is 30.7 Å². The molecule has 0 amide bonds. The summed E-state index contributed by atoms with van der Waals surface area (Å²) in [5.74, 6) is -0.468. The summed E-state index contributed by atoms with van der Waals surface area (Å²) in [5, 5.41) is -0.121. The standard InChI is InChI=1S/C13H17BrClFN2O2S.ClH/c1-8(17)9-3-2-4-18(7-9)21(19,20)13-11(14)5-10(16)6-12(13)15;/h5-6,8-9H,2-4,7,17H2,1H3;1H. The Hall–Kier alpha value is 0.0800. The molecule has 1 saturated heterocycles. The second kappa shape index (κ2) is 7.77. The van der Waals surface area contributed by atoms with Crippen LogP contribution in [0, 0.1) is 11.7 Å². The van der Waals surface area contributed by atoms with Gasteiger partial charge < -0.3 is 5.73 Å². The van der Waals surface area contributed by atoms with E-state index in [1.54, 1.807) is 0 Å². The molecule has 4 nitrogen and oxygen atoms in total. The maximum atomic E-state index is 13.3. The summed E-state index contributed by atoms with van der Waals surface area (Å²) in [6.07, 6.45) is 1.66. The summed E-state index contributed by atoms with van der Waals surface area (Å²) in [6.45, 7) is 2.66. The van der Waals surface area contributed by atoms with Crippen LogP contribution in [0.2, 0.25) is 5.02 Å². The highest BCUT2D eigenvalue weighted by molar-refractivity contribution is 9.10. The number of nitrogens with two attached hydrogens (primary N) is 1. The van der Waals surface area contributed by atoms with Crippen molar-refractivity contribution in [3.8, 4) is 0 Å². The molecule has 1 heterocycles. The van der Waals surface area contributed by atoms with E-state index < -0.39 is 15.8 Å². The van der Waals surface area contributed by atoms with E-state index in [9.17, 15) is 12.8 Å². The molecule has 0 spiro atoms. The van der Waals surface area contributed by atoms with Crippen molar-refractivity contribution >= 4 is 50.0 Å². The third kappa shape index (κ3) is 4.13. The van der Waals surface area contributed by atoms with Gasteiger partial charge in [0.25, 0.3) is 0 Å². The highest BCUT2D eigenvalue weighted by Gasteiger charge is 2.34. The van der Waals surface area contributed by atoms with Crippen LogP contribution in [0.1, 0.15) is 19.8 Å². The van der Waals surface area contributed by atoms with Crippen LogP contribution in [-0.4, -0.2) is 31.9 Å². The second-order valence-corrected chi connectivity index (χ2v) is 8.46. The van der Waals surface area contributed by atoms with Gasteiger partial charge in [-0.15, -0.1) is 12.4 Å². The largest absolute Gasteiger partial charge is 0.328 e. The van der Waals surface area contributed by atoms with E-state index in [1.807, 2.05) is 6.92 Å². The first-order valence-electron chi connectivity index (χ1n) is 6.63. The Bertz CT molecular complexity index is 620. The van der Waals surface area contributed by atoms with Crippen molar-refractivity contribution in [2.75, 3.05) is 13.1 Å². The fraction of sp³-hybridized carbons (Fsp3) is 0.538. The minimum absolute atomic E-state index is 0. The molecule has 1 fully saturated rings. The molecule has 1 aromatic carbocycles. The molecule has 2 rings (SSSR count). The normalized spacial score (nSPS) is 21.2. The number of halogens is 4. The minimum Gasteiger partial charge on any atom is -0.328 e. The molecule has 126 valence electrons. The first kappa shape index (κ1) is 20.1. The number of rotatable bonds is 3. The highest BCUT2D eigenvalue weighted by Crippen LogP contribution is 2.34. The first-order valence-corrected chi connectivity index (χ1v) is 9.25. The Morgan fingerprint density at radius 3 is 2.68 bits per heavy atom. The van der Waals surface area contributed by atoms with Crippen molar-refractivity contribution in [3.05, 3.63) is 27.4 Å². The number of piperidine rings is 1. The average molecular weight is 436 g/mol. The van der Waals surface area contributed by atoms with Gasteiger partial charge in [-0.1, -0.05) is 11.6 Å². The Kier molecular flexibility index (Phi) is 7.11. The smallest absolute Gasteiger partial charge is 0.245 e. The summed E-state index contributed by atoms with van der Waals surface area (Å²) in [6, 6.07) is 2.04. The molecule has 0 bridgehead atoms. The third-order valence-electron chi connectivity index (χ3n) is 3.73. The average Bonchev–Trinajstić information content (AvgIpc) is 2.37. The van der Waals surface area contributed by atoms with Gasteiger partial charge in [0.05, 0.1) is 5.02 Å². The highest BCUT2D eigenvalue weighted by atomic mass is 79.9. The molecule has 22 heavy (non-hydrogen) atoms. The number of hydrogen-bond acceptors (Lipinski definition) is 3. The Morgan fingerprint density at radius 2 is 2.14 bits per heavy atom. The number of nitrogens with zero attached hydrogens (tertiary/aromatic N) is 1. The lowest BCUT2D eigenvalue weighted by Gasteiger charge is -2.34. The second-order valence-electron chi connectivity index (χ2n) is 5.32. The van der Waals surface area contributed by atoms with E-state index in [1.165, 1.54) is 4.31 Å². The van der Waals surface area contributed by atoms with Gasteiger partial charge in [0, 0.05) is 23.6 Å². The SMILES string of the molecule is CC(N)C1CCCN(S(=O)(=O)c2c(Cl)cc(F)cc2Br)C1.Cl. The summed E-state index contributed by atoms with van der Waals surface area (Å²) < 4.78 is 40.3. The summed E-state index contributed by atoms with van der Waals surface area (Å²) in [5.41, 5.74) is 5.88. The lowest BCUT2D eigenvalue weighted by Crippen LogP contribution is -2.45. The summed E-state index contributed by atoms with van der Waals surface area (Å²) in [4.78, 5) is -0.0871. The zero-order valence-electron chi connectivity index (χ0n) is 11.9. The van der Waals surface area contributed by atoms with Gasteiger partial charge in [-0.05, 0) is 53.7 Å². The van der Waals surface area contributed by atoms with Gasteiger partial charge in [-0.2, -0.15) is 4.31 Å². The molecule has 1 aliphatic heterocycles. The van der Waals surface area contributed by atoms with Crippen molar-refractivity contribution in [1.82, 2.24) is 4.31 Å². The molecule has 0 saturated carbocycles. The van der Waals surface area contributed by atoms with E-state index in [2.05, 4.69) is 15.9 Å². The van der Waals surface area contributed by atoms with E-state index in [-0.39, 0.29) is 38.8 Å². The predicted molar refractivity (Wildman–Crippen MR) is 91.5 cm³/mol. The zero-order valence-corrected chi connectivity index (χ0v) is 15.9. The van der Waals surface area contributed by atoms with Crippen molar-refractivity contribution in [1.29, 1.82) is 0 Å². The number of sulfonamides is 1. The molecular weight excluding hydrogens is 418 g/mol. The predicted octanol–water partition coefficient (Wildman–Crippen LogP) is 3.41. The van der Waals surface area contributed by atoms with Crippen LogP contribution in [0.25, 0.3) is 0 Å². The van der Waals surface area contributed by atoms with Crippen LogP contribution in [0.5, 0.6) is 0 Å². The van der Waals surface area contributed by atoms with Crippen LogP contribution < -0.4 is 5.73 Å². The van der Waals surface area contributed by atoms with Gasteiger partial charge in [-0.25, -0.2) is 12.8 Å².